The molecule has 0 radical (unpaired) electrons. The molecule has 0 heterocycles. The Morgan fingerprint density at radius 1 is 1.13 bits per heavy atom. The van der Waals surface area contributed by atoms with Crippen LogP contribution in [0.1, 0.15) is 65.2 Å². The summed E-state index contributed by atoms with van der Waals surface area (Å²) in [5, 5.41) is 0. The Hall–Kier alpha value is -0.0400. The summed E-state index contributed by atoms with van der Waals surface area (Å²) in [7, 11) is 0. The maximum Gasteiger partial charge on any atom is 0.00418 e. The van der Waals surface area contributed by atoms with Gasteiger partial charge in [0.05, 0.1) is 0 Å². The first-order valence-corrected chi connectivity index (χ1v) is 6.83. The van der Waals surface area contributed by atoms with Gasteiger partial charge in [0.15, 0.2) is 0 Å². The Bertz CT molecular complexity index is 203. The number of hydrogen-bond acceptors (Lipinski definition) is 1. The quantitative estimate of drug-likeness (QED) is 0.737. The first-order valence-electron chi connectivity index (χ1n) is 6.83. The smallest absolute Gasteiger partial charge is 0.00418 e. The van der Waals surface area contributed by atoms with E-state index in [1.165, 1.54) is 51.4 Å². The van der Waals surface area contributed by atoms with E-state index in [4.69, 9.17) is 5.73 Å². The summed E-state index contributed by atoms with van der Waals surface area (Å²) in [5.41, 5.74) is 6.67. The molecular formula is C14H27N. The molecule has 2 N–H and O–H groups in total. The number of nitrogens with two attached hydrogens (primary N) is 1. The predicted octanol–water partition coefficient (Wildman–Crippen LogP) is 3.72. The topological polar surface area (TPSA) is 26.0 Å². The molecule has 2 aliphatic rings. The normalized spacial score (nSPS) is 37.0. The average molecular weight is 209 g/mol. The molecule has 0 bridgehead atoms. The molecule has 2 aliphatic carbocycles. The summed E-state index contributed by atoms with van der Waals surface area (Å²) >= 11 is 0. The lowest BCUT2D eigenvalue weighted by Gasteiger charge is -2.42. The van der Waals surface area contributed by atoms with Crippen molar-refractivity contribution in [1.82, 2.24) is 0 Å². The van der Waals surface area contributed by atoms with Crippen LogP contribution in [0, 0.1) is 17.3 Å². The van der Waals surface area contributed by atoms with Crippen LogP contribution in [-0.2, 0) is 0 Å². The Labute approximate surface area is 94.8 Å². The summed E-state index contributed by atoms with van der Waals surface area (Å²) < 4.78 is 0. The Morgan fingerprint density at radius 2 is 1.80 bits per heavy atom. The molecule has 15 heavy (non-hydrogen) atoms. The van der Waals surface area contributed by atoms with Crippen molar-refractivity contribution < 1.29 is 0 Å². The van der Waals surface area contributed by atoms with Gasteiger partial charge in [0.1, 0.15) is 0 Å². The fraction of sp³-hybridized carbons (Fsp3) is 1.00. The van der Waals surface area contributed by atoms with E-state index < -0.39 is 0 Å². The molecule has 2 atom stereocenters. The van der Waals surface area contributed by atoms with Crippen LogP contribution < -0.4 is 5.73 Å². The highest BCUT2D eigenvalue weighted by Crippen LogP contribution is 2.45. The molecule has 0 saturated heterocycles. The van der Waals surface area contributed by atoms with Gasteiger partial charge < -0.3 is 5.73 Å². The minimum atomic E-state index is 0.490. The van der Waals surface area contributed by atoms with Gasteiger partial charge in [0.25, 0.3) is 0 Å². The van der Waals surface area contributed by atoms with Gasteiger partial charge in [-0.3, -0.25) is 0 Å². The van der Waals surface area contributed by atoms with Crippen molar-refractivity contribution in [1.29, 1.82) is 0 Å². The Morgan fingerprint density at radius 3 is 2.47 bits per heavy atom. The van der Waals surface area contributed by atoms with Crippen LogP contribution in [0.5, 0.6) is 0 Å². The molecule has 0 aromatic heterocycles. The third-order valence-corrected chi connectivity index (χ3v) is 4.94. The predicted molar refractivity (Wildman–Crippen MR) is 65.7 cm³/mol. The summed E-state index contributed by atoms with van der Waals surface area (Å²) in [6.45, 7) is 4.91. The molecular weight excluding hydrogens is 182 g/mol. The Balaban J connectivity index is 1.92. The van der Waals surface area contributed by atoms with Gasteiger partial charge in [-0.25, -0.2) is 0 Å². The second-order valence-electron chi connectivity index (χ2n) is 6.61. The van der Waals surface area contributed by atoms with Gasteiger partial charge in [-0.2, -0.15) is 0 Å². The first-order chi connectivity index (χ1) is 7.08. The lowest BCUT2D eigenvalue weighted by atomic mass is 9.64. The van der Waals surface area contributed by atoms with Crippen LogP contribution in [0.2, 0.25) is 0 Å². The van der Waals surface area contributed by atoms with Gasteiger partial charge in [0, 0.05) is 6.04 Å². The molecule has 1 nitrogen and oxygen atoms in total. The van der Waals surface area contributed by atoms with Crippen molar-refractivity contribution in [3.05, 3.63) is 0 Å². The van der Waals surface area contributed by atoms with Crippen molar-refractivity contribution in [2.24, 2.45) is 23.0 Å². The minimum absolute atomic E-state index is 0.490. The monoisotopic (exact) mass is 209 g/mol. The molecule has 2 fully saturated rings. The zero-order valence-electron chi connectivity index (χ0n) is 10.5. The van der Waals surface area contributed by atoms with E-state index in [2.05, 4.69) is 13.8 Å². The molecule has 0 aromatic rings. The fourth-order valence-electron chi connectivity index (χ4n) is 3.63. The first kappa shape index (κ1) is 11.4. The van der Waals surface area contributed by atoms with Gasteiger partial charge in [-0.05, 0) is 42.9 Å². The van der Waals surface area contributed by atoms with E-state index in [0.717, 1.165) is 11.8 Å². The van der Waals surface area contributed by atoms with E-state index in [-0.39, 0.29) is 0 Å². The maximum absolute atomic E-state index is 6.12. The lowest BCUT2D eigenvalue weighted by molar-refractivity contribution is 0.100. The highest BCUT2D eigenvalue weighted by Gasteiger charge is 2.36. The zero-order chi connectivity index (χ0) is 10.9. The van der Waals surface area contributed by atoms with Crippen molar-refractivity contribution in [3.8, 4) is 0 Å². The molecule has 0 aliphatic heterocycles. The molecule has 0 aromatic carbocycles. The van der Waals surface area contributed by atoms with Crippen LogP contribution in [0.4, 0.5) is 0 Å². The van der Waals surface area contributed by atoms with E-state index in [1.807, 2.05) is 0 Å². The highest BCUT2D eigenvalue weighted by molar-refractivity contribution is 4.89. The standard InChI is InChI=1S/C14H27N/c1-14(2)8-7-13(15)10-12(14)9-11-5-3-4-6-11/h11-13H,3-10,15H2,1-2H3. The van der Waals surface area contributed by atoms with Gasteiger partial charge in [0.2, 0.25) is 0 Å². The van der Waals surface area contributed by atoms with Crippen LogP contribution in [0.3, 0.4) is 0 Å². The van der Waals surface area contributed by atoms with Gasteiger partial charge >= 0.3 is 0 Å². The van der Waals surface area contributed by atoms with Crippen LogP contribution in [0.25, 0.3) is 0 Å². The molecule has 1 heteroatoms. The molecule has 2 saturated carbocycles. The molecule has 2 unspecified atom stereocenters. The summed E-state index contributed by atoms with van der Waals surface area (Å²) in [5.74, 6) is 1.92. The molecule has 0 spiro atoms. The second-order valence-corrected chi connectivity index (χ2v) is 6.61. The summed E-state index contributed by atoms with van der Waals surface area (Å²) in [4.78, 5) is 0. The van der Waals surface area contributed by atoms with Crippen LogP contribution in [0.15, 0.2) is 0 Å². The van der Waals surface area contributed by atoms with E-state index in [9.17, 15) is 0 Å². The number of hydrogen-bond donors (Lipinski definition) is 1. The number of rotatable bonds is 2. The molecule has 0 amide bonds. The van der Waals surface area contributed by atoms with Crippen molar-refractivity contribution >= 4 is 0 Å². The van der Waals surface area contributed by atoms with E-state index >= 15 is 0 Å². The highest BCUT2D eigenvalue weighted by atomic mass is 14.7. The molecule has 2 rings (SSSR count). The molecule has 88 valence electrons. The third-order valence-electron chi connectivity index (χ3n) is 4.94. The SMILES string of the molecule is CC1(C)CCC(N)CC1CC1CCCC1. The zero-order valence-corrected chi connectivity index (χ0v) is 10.5. The largest absolute Gasteiger partial charge is 0.328 e. The maximum atomic E-state index is 6.12. The second kappa shape index (κ2) is 4.45. The van der Waals surface area contributed by atoms with Crippen molar-refractivity contribution in [3.63, 3.8) is 0 Å². The third kappa shape index (κ3) is 2.75. The van der Waals surface area contributed by atoms with Crippen molar-refractivity contribution in [2.75, 3.05) is 0 Å². The Kier molecular flexibility index (Phi) is 3.39. The van der Waals surface area contributed by atoms with E-state index in [0.29, 0.717) is 11.5 Å². The van der Waals surface area contributed by atoms with Gasteiger partial charge in [-0.1, -0.05) is 39.5 Å². The van der Waals surface area contributed by atoms with Crippen molar-refractivity contribution in [2.45, 2.75) is 71.3 Å². The van der Waals surface area contributed by atoms with E-state index in [1.54, 1.807) is 0 Å². The van der Waals surface area contributed by atoms with Gasteiger partial charge in [-0.15, -0.1) is 0 Å². The average Bonchev–Trinajstić information content (AvgIpc) is 2.65. The fourth-order valence-corrected chi connectivity index (χ4v) is 3.63. The lowest BCUT2D eigenvalue weighted by Crippen LogP contribution is -2.38. The summed E-state index contributed by atoms with van der Waals surface area (Å²) in [6, 6.07) is 0.490. The summed E-state index contributed by atoms with van der Waals surface area (Å²) in [6.07, 6.45) is 11.3. The minimum Gasteiger partial charge on any atom is -0.328 e. The van der Waals surface area contributed by atoms with Crippen LogP contribution >= 0.6 is 0 Å². The van der Waals surface area contributed by atoms with Crippen LogP contribution in [-0.4, -0.2) is 6.04 Å².